The van der Waals surface area contributed by atoms with Gasteiger partial charge in [0.1, 0.15) is 0 Å². The highest BCUT2D eigenvalue weighted by Gasteiger charge is 2.17. The zero-order valence-electron chi connectivity index (χ0n) is 16.2. The molecule has 1 heterocycles. The number of carbonyl (C=O) groups excluding carboxylic acids is 1. The molecule has 0 atom stereocenters. The molecule has 0 spiro atoms. The van der Waals surface area contributed by atoms with E-state index in [0.717, 1.165) is 25.7 Å². The summed E-state index contributed by atoms with van der Waals surface area (Å²) >= 11 is 0. The van der Waals surface area contributed by atoms with E-state index in [1.54, 1.807) is 4.90 Å². The molecule has 4 N–H and O–H groups in total. The molecule has 162 valence electrons. The summed E-state index contributed by atoms with van der Waals surface area (Å²) in [6.07, 6.45) is 4.20. The summed E-state index contributed by atoms with van der Waals surface area (Å²) in [6, 6.07) is 10.7. The summed E-state index contributed by atoms with van der Waals surface area (Å²) in [7, 11) is -7.74. The lowest BCUT2D eigenvalue weighted by atomic mass is 10.2. The Bertz CT molecular complexity index is 1090. The number of nitrogens with zero attached hydrogens (tertiary/aromatic N) is 1. The van der Waals surface area contributed by atoms with Crippen LogP contribution in [-0.2, 0) is 20.0 Å². The van der Waals surface area contributed by atoms with Crippen molar-refractivity contribution in [2.24, 2.45) is 5.14 Å². The van der Waals surface area contributed by atoms with Crippen LogP contribution < -0.4 is 15.2 Å². The number of nitrogens with one attached hydrogen (secondary N) is 2. The van der Waals surface area contributed by atoms with Crippen molar-refractivity contribution in [3.05, 3.63) is 48.5 Å². The molecule has 0 bridgehead atoms. The van der Waals surface area contributed by atoms with Gasteiger partial charge >= 0.3 is 6.03 Å². The maximum absolute atomic E-state index is 12.6. The highest BCUT2D eigenvalue weighted by Crippen LogP contribution is 2.20. The van der Waals surface area contributed by atoms with Gasteiger partial charge in [0.05, 0.1) is 9.79 Å². The average Bonchev–Trinajstić information content (AvgIpc) is 2.97. The topological polar surface area (TPSA) is 139 Å². The van der Waals surface area contributed by atoms with Crippen LogP contribution in [0, 0.1) is 0 Å². The molecule has 0 unspecified atom stereocenters. The third kappa shape index (κ3) is 5.71. The van der Waals surface area contributed by atoms with Crippen LogP contribution in [0.2, 0.25) is 0 Å². The first-order chi connectivity index (χ1) is 14.1. The summed E-state index contributed by atoms with van der Waals surface area (Å²) in [5.74, 6) is 0. The van der Waals surface area contributed by atoms with E-state index in [1.165, 1.54) is 48.5 Å². The number of sulfonamides is 2. The van der Waals surface area contributed by atoms with Crippen molar-refractivity contribution < 1.29 is 21.6 Å². The van der Waals surface area contributed by atoms with Gasteiger partial charge in [0, 0.05) is 24.5 Å². The molecule has 2 amide bonds. The van der Waals surface area contributed by atoms with Gasteiger partial charge in [0.15, 0.2) is 0 Å². The number of amides is 2. The molecular weight excluding hydrogens is 428 g/mol. The number of rotatable bonds is 5. The summed E-state index contributed by atoms with van der Waals surface area (Å²) in [5.41, 5.74) is 0.696. The molecular formula is C19H24N4O5S2. The van der Waals surface area contributed by atoms with E-state index in [0.29, 0.717) is 18.8 Å². The second-order valence-electron chi connectivity index (χ2n) is 7.03. The van der Waals surface area contributed by atoms with Crippen molar-refractivity contribution in [2.45, 2.75) is 35.5 Å². The first-order valence-electron chi connectivity index (χ1n) is 9.47. The number of benzene rings is 2. The number of nitrogens with two attached hydrogens (primary N) is 1. The van der Waals surface area contributed by atoms with Crippen LogP contribution in [0.25, 0.3) is 0 Å². The predicted octanol–water partition coefficient (Wildman–Crippen LogP) is 2.54. The van der Waals surface area contributed by atoms with Crippen LogP contribution in [0.15, 0.2) is 58.3 Å². The third-order valence-corrected chi connectivity index (χ3v) is 7.07. The van der Waals surface area contributed by atoms with Gasteiger partial charge < -0.3 is 10.2 Å². The van der Waals surface area contributed by atoms with Gasteiger partial charge in [-0.1, -0.05) is 12.8 Å². The normalized spacial score (nSPS) is 15.3. The SMILES string of the molecule is NS(=O)(=O)c1ccc(NS(=O)(=O)c2ccc(NC(=O)N3CCCCCC3)cc2)cc1. The largest absolute Gasteiger partial charge is 0.325 e. The Kier molecular flexibility index (Phi) is 6.64. The summed E-state index contributed by atoms with van der Waals surface area (Å²) in [5, 5.41) is 7.82. The molecule has 1 aliphatic rings. The highest BCUT2D eigenvalue weighted by atomic mass is 32.2. The Labute approximate surface area is 176 Å². The van der Waals surface area contributed by atoms with Crippen LogP contribution in [0.5, 0.6) is 0 Å². The van der Waals surface area contributed by atoms with Gasteiger partial charge in [0.25, 0.3) is 10.0 Å². The number of urea groups is 1. The van der Waals surface area contributed by atoms with Crippen LogP contribution in [0.3, 0.4) is 0 Å². The Hall–Kier alpha value is -2.63. The van der Waals surface area contributed by atoms with Crippen molar-refractivity contribution in [1.29, 1.82) is 0 Å². The number of anilines is 2. The molecule has 3 rings (SSSR count). The summed E-state index contributed by atoms with van der Waals surface area (Å²) < 4.78 is 50.0. The Balaban J connectivity index is 1.66. The highest BCUT2D eigenvalue weighted by molar-refractivity contribution is 7.92. The molecule has 30 heavy (non-hydrogen) atoms. The first kappa shape index (κ1) is 22.1. The Morgan fingerprint density at radius 2 is 1.27 bits per heavy atom. The quantitative estimate of drug-likeness (QED) is 0.640. The third-order valence-electron chi connectivity index (χ3n) is 4.74. The predicted molar refractivity (Wildman–Crippen MR) is 114 cm³/mol. The van der Waals surface area contributed by atoms with Crippen LogP contribution in [0.1, 0.15) is 25.7 Å². The van der Waals surface area contributed by atoms with Crippen molar-refractivity contribution in [3.8, 4) is 0 Å². The molecule has 0 aromatic heterocycles. The van der Waals surface area contributed by atoms with Crippen LogP contribution in [-0.4, -0.2) is 40.9 Å². The molecule has 2 aromatic carbocycles. The average molecular weight is 453 g/mol. The van der Waals surface area contributed by atoms with Crippen LogP contribution in [0.4, 0.5) is 16.2 Å². The second-order valence-corrected chi connectivity index (χ2v) is 10.3. The molecule has 1 fully saturated rings. The number of likely N-dealkylation sites (tertiary alicyclic amines) is 1. The summed E-state index contributed by atoms with van der Waals surface area (Å²) in [4.78, 5) is 14.0. The van der Waals surface area contributed by atoms with Gasteiger partial charge in [-0.25, -0.2) is 26.8 Å². The van der Waals surface area contributed by atoms with Crippen molar-refractivity contribution in [3.63, 3.8) is 0 Å². The molecule has 0 aliphatic carbocycles. The smallest absolute Gasteiger partial charge is 0.321 e. The van der Waals surface area contributed by atoms with Crippen LogP contribution >= 0.6 is 0 Å². The number of carbonyl (C=O) groups is 1. The maximum atomic E-state index is 12.6. The van der Waals surface area contributed by atoms with E-state index in [2.05, 4.69) is 10.0 Å². The Morgan fingerprint density at radius 1 is 0.767 bits per heavy atom. The van der Waals surface area contributed by atoms with E-state index < -0.39 is 20.0 Å². The fraction of sp³-hybridized carbons (Fsp3) is 0.316. The van der Waals surface area contributed by atoms with E-state index in [1.807, 2.05) is 0 Å². The number of primary sulfonamides is 1. The second kappa shape index (κ2) is 9.02. The number of hydrogen-bond donors (Lipinski definition) is 3. The molecule has 1 saturated heterocycles. The van der Waals surface area contributed by atoms with Crippen molar-refractivity contribution in [1.82, 2.24) is 4.90 Å². The monoisotopic (exact) mass is 452 g/mol. The van der Waals surface area contributed by atoms with Gasteiger partial charge in [-0.2, -0.15) is 0 Å². The molecule has 0 radical (unpaired) electrons. The minimum atomic E-state index is -3.89. The minimum Gasteiger partial charge on any atom is -0.325 e. The fourth-order valence-corrected chi connectivity index (χ4v) is 4.69. The minimum absolute atomic E-state index is 0.00537. The van der Waals surface area contributed by atoms with Gasteiger partial charge in [-0.05, 0) is 61.4 Å². The zero-order valence-corrected chi connectivity index (χ0v) is 17.9. The Morgan fingerprint density at radius 3 is 1.80 bits per heavy atom. The molecule has 0 saturated carbocycles. The van der Waals surface area contributed by atoms with Crippen molar-refractivity contribution in [2.75, 3.05) is 23.1 Å². The molecule has 1 aliphatic heterocycles. The molecule has 9 nitrogen and oxygen atoms in total. The zero-order chi connectivity index (χ0) is 21.8. The summed E-state index contributed by atoms with van der Waals surface area (Å²) in [6.45, 7) is 1.43. The van der Waals surface area contributed by atoms with Gasteiger partial charge in [-0.3, -0.25) is 4.72 Å². The van der Waals surface area contributed by atoms with E-state index in [-0.39, 0.29) is 21.5 Å². The first-order valence-corrected chi connectivity index (χ1v) is 12.5. The maximum Gasteiger partial charge on any atom is 0.321 e. The van der Waals surface area contributed by atoms with Gasteiger partial charge in [0.2, 0.25) is 10.0 Å². The lowest BCUT2D eigenvalue weighted by Gasteiger charge is -2.20. The lowest BCUT2D eigenvalue weighted by molar-refractivity contribution is 0.214. The van der Waals surface area contributed by atoms with E-state index in [9.17, 15) is 21.6 Å². The molecule has 11 heteroatoms. The fourth-order valence-electron chi connectivity index (χ4n) is 3.12. The molecule has 2 aromatic rings. The van der Waals surface area contributed by atoms with E-state index >= 15 is 0 Å². The van der Waals surface area contributed by atoms with E-state index in [4.69, 9.17) is 5.14 Å². The van der Waals surface area contributed by atoms with Crippen molar-refractivity contribution >= 4 is 37.5 Å². The standard InChI is InChI=1S/C19H24N4O5S2/c20-29(25,26)17-9-7-16(8-10-17)22-30(27,28)18-11-5-15(6-12-18)21-19(24)23-13-3-1-2-4-14-23/h5-12,22H,1-4,13-14H2,(H,21,24)(H2,20,25,26). The van der Waals surface area contributed by atoms with Gasteiger partial charge in [-0.15, -0.1) is 0 Å². The number of hydrogen-bond acceptors (Lipinski definition) is 5. The lowest BCUT2D eigenvalue weighted by Crippen LogP contribution is -2.35.